The van der Waals surface area contributed by atoms with Gasteiger partial charge in [0.25, 0.3) is 0 Å². The number of benzene rings is 23. The van der Waals surface area contributed by atoms with Crippen molar-refractivity contribution in [1.82, 2.24) is 4.98 Å². The third-order valence-corrected chi connectivity index (χ3v) is 28.8. The summed E-state index contributed by atoms with van der Waals surface area (Å²) < 4.78 is 70.4. The molecule has 0 atom stereocenters. The Hall–Kier alpha value is -18.0. The van der Waals surface area contributed by atoms with Gasteiger partial charge in [0.2, 0.25) is 0 Å². The zero-order chi connectivity index (χ0) is 94.3. The first-order valence-corrected chi connectivity index (χ1v) is 46.6. The summed E-state index contributed by atoms with van der Waals surface area (Å²) >= 11 is 0. The van der Waals surface area contributed by atoms with Crippen LogP contribution < -0.4 is 0 Å². The molecule has 5 heterocycles. The first-order chi connectivity index (χ1) is 70.1. The molecule has 2 aliphatic carbocycles. The Morgan fingerprint density at radius 1 is 0.182 bits per heavy atom. The van der Waals surface area contributed by atoms with Crippen molar-refractivity contribution in [2.24, 2.45) is 0 Å². The van der Waals surface area contributed by atoms with Crippen LogP contribution in [0.25, 0.3) is 264 Å². The van der Waals surface area contributed by atoms with Gasteiger partial charge in [0.1, 0.15) is 44.7 Å². The number of pyridine rings is 1. The maximum atomic E-state index is 9.09. The van der Waals surface area contributed by atoms with E-state index in [0.717, 1.165) is 159 Å². The predicted molar refractivity (Wildman–Crippen MR) is 571 cm³/mol. The lowest BCUT2D eigenvalue weighted by molar-refractivity contribution is 0.668. The predicted octanol–water partition coefficient (Wildman–Crippen LogP) is 36.7. The van der Waals surface area contributed by atoms with Gasteiger partial charge < -0.3 is 17.7 Å². The van der Waals surface area contributed by atoms with Gasteiger partial charge in [0.15, 0.2) is 0 Å². The molecule has 23 aromatic carbocycles. The molecule has 0 radical (unpaired) electrons. The Balaban J connectivity index is 0.000000106. The smallest absolute Gasteiger partial charge is 0.144 e. The normalized spacial score (nSPS) is 12.9. The summed E-state index contributed by atoms with van der Waals surface area (Å²) in [5, 5.41) is 22.1. The zero-order valence-corrected chi connectivity index (χ0v) is 73.8. The lowest BCUT2D eigenvalue weighted by atomic mass is 9.70. The summed E-state index contributed by atoms with van der Waals surface area (Å²) in [4.78, 5) is 4.38. The first kappa shape index (κ1) is 72.6. The second kappa shape index (κ2) is 31.1. The molecule has 636 valence electrons. The molecule has 0 fully saturated rings. The Kier molecular flexibility index (Phi) is 16.5. The van der Waals surface area contributed by atoms with Crippen LogP contribution in [0.2, 0.25) is 0 Å². The van der Waals surface area contributed by atoms with Crippen molar-refractivity contribution in [2.45, 2.75) is 5.41 Å². The minimum absolute atomic E-state index is 0.196. The fourth-order valence-electron chi connectivity index (χ4n) is 23.3. The van der Waals surface area contributed by atoms with Crippen LogP contribution in [0.1, 0.15) is 29.1 Å². The highest BCUT2D eigenvalue weighted by molar-refractivity contribution is 6.32. The molecule has 0 unspecified atom stereocenters. The van der Waals surface area contributed by atoms with Crippen LogP contribution in [0.4, 0.5) is 0 Å². The molecule has 30 rings (SSSR count). The largest absolute Gasteiger partial charge is 0.456 e. The van der Waals surface area contributed by atoms with Crippen LogP contribution in [0, 0.1) is 0 Å². The van der Waals surface area contributed by atoms with E-state index in [1.807, 2.05) is 85.1 Å². The fourth-order valence-corrected chi connectivity index (χ4v) is 23.3. The summed E-state index contributed by atoms with van der Waals surface area (Å²) in [6, 6.07) is 153. The third kappa shape index (κ3) is 11.7. The molecule has 0 bridgehead atoms. The molecule has 0 aliphatic heterocycles. The average Bonchev–Trinajstić information content (AvgIpc) is 1.49. The van der Waals surface area contributed by atoms with Gasteiger partial charge in [-0.05, 0) is 237 Å². The minimum Gasteiger partial charge on any atom is -0.456 e. The number of aromatic nitrogens is 1. The number of nitrogens with zero attached hydrogens (tertiary/aromatic N) is 1. The van der Waals surface area contributed by atoms with Gasteiger partial charge in [-0.15, -0.1) is 0 Å². The van der Waals surface area contributed by atoms with E-state index in [0.29, 0.717) is 5.56 Å². The molecule has 5 aromatic heterocycles. The highest BCUT2D eigenvalue weighted by Crippen LogP contribution is 2.66. The molecule has 5 heteroatoms. The average molecular weight is 1750 g/mol. The number of hydrogen-bond donors (Lipinski definition) is 0. The molecule has 28 aromatic rings. The second-order valence-corrected chi connectivity index (χ2v) is 35.8. The standard InChI is InChI=1S/C51H30O.C44H26O2.C37H23NO/c1-2-16-31(17-3-1)46-34-20-4-6-22-36(34)47(37-23-7-5-21-35(37)46)40-30-44-49(50-48(40)39-25-11-15-29-45(39)52-50)38-24-10-14-28-43(38)51(44)41-26-12-8-18-32(41)33-19-9-13-27-42(33)51;1-2-12-27(13-3-1)41-31-15-4-6-17-33(31)42(34-18-7-5-16-32(34)41)36-24-23-29(44-43(36)35-19-9-11-21-39(35)46-44)28-22-25-40-37(26-28)30-14-8-10-20-38(30)45-40;1-2-11-24(12-3-1)34-27-14-4-6-16-29(27)35(30-17-7-5-15-28(30)34)32-21-20-26(25-13-10-22-38-23-25)37-36(32)31-18-8-9-19-33(31)39-37/h1-30H;1-26H;1-23H/i1D,2D,3D,16D,17D;;. The SMILES string of the molecule is [2H]c1c([2H])c([2H])c(-c2c3ccccc3c(-c3cc4c(c5oc6ccccc6c35)-c3ccccc3C43c4ccccc4-c4ccccc43)c3ccccc23)c([2H])c1[2H].c1ccc(-c2c3ccccc3c(-c3ccc(-c4ccc5oc6ccccc6c5c4)c4oc5ccccc5c34)c3ccccc23)cc1.c1ccc(-c2c3ccccc3c(-c3ccc(-c4cccnc4)c4oc5ccccc5c34)c3ccccc23)cc1. The maximum Gasteiger partial charge on any atom is 0.144 e. The Labute approximate surface area is 795 Å². The molecule has 0 amide bonds. The van der Waals surface area contributed by atoms with Gasteiger partial charge in [0.05, 0.1) is 12.3 Å². The van der Waals surface area contributed by atoms with Gasteiger partial charge in [-0.25, -0.2) is 0 Å². The molecule has 5 nitrogen and oxygen atoms in total. The topological polar surface area (TPSA) is 65.5 Å². The molecular weight excluding hydrogens is 1660 g/mol. The lowest BCUT2D eigenvalue weighted by Crippen LogP contribution is -2.25. The van der Waals surface area contributed by atoms with E-state index >= 15 is 0 Å². The van der Waals surface area contributed by atoms with Crippen LogP contribution >= 0.6 is 0 Å². The molecule has 0 N–H and O–H groups in total. The van der Waals surface area contributed by atoms with Crippen molar-refractivity contribution in [2.75, 3.05) is 0 Å². The van der Waals surface area contributed by atoms with E-state index in [4.69, 9.17) is 24.5 Å². The first-order valence-electron chi connectivity index (χ1n) is 49.1. The van der Waals surface area contributed by atoms with Crippen molar-refractivity contribution in [1.29, 1.82) is 0 Å². The van der Waals surface area contributed by atoms with Gasteiger partial charge in [0, 0.05) is 77.7 Å². The fraction of sp³-hybridized carbons (Fsp3) is 0.00758. The molecular formula is C132H79NO4. The zero-order valence-electron chi connectivity index (χ0n) is 78.8. The van der Waals surface area contributed by atoms with Gasteiger partial charge in [-0.3, -0.25) is 4.98 Å². The Morgan fingerprint density at radius 2 is 0.504 bits per heavy atom. The van der Waals surface area contributed by atoms with Crippen LogP contribution in [0.15, 0.2) is 497 Å². The van der Waals surface area contributed by atoms with E-state index in [9.17, 15) is 0 Å². The quantitative estimate of drug-likeness (QED) is 0.142. The number of hydrogen-bond acceptors (Lipinski definition) is 5. The second-order valence-electron chi connectivity index (χ2n) is 35.8. The highest BCUT2D eigenvalue weighted by atomic mass is 16.3. The van der Waals surface area contributed by atoms with E-state index in [-0.39, 0.29) is 29.7 Å². The van der Waals surface area contributed by atoms with Crippen molar-refractivity contribution in [3.8, 4) is 111 Å². The van der Waals surface area contributed by atoms with Crippen molar-refractivity contribution < 1.29 is 24.5 Å². The summed E-state index contributed by atoms with van der Waals surface area (Å²) in [5.74, 6) is 0. The van der Waals surface area contributed by atoms with Crippen molar-refractivity contribution in [3.05, 3.63) is 502 Å². The molecule has 0 saturated heterocycles. The summed E-state index contributed by atoms with van der Waals surface area (Å²) in [7, 11) is 0. The van der Waals surface area contributed by atoms with Crippen LogP contribution in [0.5, 0.6) is 0 Å². The van der Waals surface area contributed by atoms with E-state index in [1.54, 1.807) is 6.20 Å². The van der Waals surface area contributed by atoms with Crippen LogP contribution in [-0.4, -0.2) is 4.98 Å². The van der Waals surface area contributed by atoms with E-state index < -0.39 is 11.5 Å². The van der Waals surface area contributed by atoms with Gasteiger partial charge in [-0.2, -0.15) is 0 Å². The van der Waals surface area contributed by atoms with Crippen LogP contribution in [-0.2, 0) is 5.41 Å². The maximum absolute atomic E-state index is 9.09. The summed E-state index contributed by atoms with van der Waals surface area (Å²) in [5.41, 5.74) is 32.8. The molecule has 0 saturated carbocycles. The lowest BCUT2D eigenvalue weighted by Gasteiger charge is -2.31. The molecule has 1 spiro atoms. The number of fused-ring (bicyclic) bond motifs is 29. The Morgan fingerprint density at radius 3 is 0.942 bits per heavy atom. The third-order valence-electron chi connectivity index (χ3n) is 28.8. The van der Waals surface area contributed by atoms with Gasteiger partial charge in [-0.1, -0.05) is 406 Å². The van der Waals surface area contributed by atoms with E-state index in [2.05, 4.69) is 363 Å². The van der Waals surface area contributed by atoms with E-state index in [1.165, 1.54) is 115 Å². The highest BCUT2D eigenvalue weighted by Gasteiger charge is 2.53. The summed E-state index contributed by atoms with van der Waals surface area (Å²) in [6.45, 7) is 0. The monoisotopic (exact) mass is 1750 g/mol. The minimum atomic E-state index is -0.611. The number of rotatable bonds is 8. The molecule has 137 heavy (non-hydrogen) atoms. The number of para-hydroxylation sites is 4. The number of furan rings is 4. The van der Waals surface area contributed by atoms with Crippen molar-refractivity contribution in [3.63, 3.8) is 0 Å². The Bertz CT molecular complexity index is 9970. The van der Waals surface area contributed by atoms with Crippen molar-refractivity contribution >= 4 is 152 Å². The van der Waals surface area contributed by atoms with Gasteiger partial charge >= 0.3 is 0 Å². The van der Waals surface area contributed by atoms with Crippen LogP contribution in [0.3, 0.4) is 0 Å². The molecule has 2 aliphatic rings. The summed E-state index contributed by atoms with van der Waals surface area (Å²) in [6.07, 6.45) is 3.71.